The fourth-order valence-electron chi connectivity index (χ4n) is 1.85. The summed E-state index contributed by atoms with van der Waals surface area (Å²) in [4.78, 5) is 11.5. The summed E-state index contributed by atoms with van der Waals surface area (Å²) in [5.74, 6) is 0.00888. The number of nitrogens with zero attached hydrogens (tertiary/aromatic N) is 1. The van der Waals surface area contributed by atoms with Gasteiger partial charge in [0, 0.05) is 12.6 Å². The fraction of sp³-hybridized carbons (Fsp3) is 0.200. The summed E-state index contributed by atoms with van der Waals surface area (Å²) in [5.41, 5.74) is 3.79. The average molecular weight is 238 g/mol. The van der Waals surface area contributed by atoms with E-state index in [1.54, 1.807) is 18.3 Å². The third kappa shape index (κ3) is 2.86. The number of hydrogen-bond acceptors (Lipinski definition) is 2. The first-order chi connectivity index (χ1) is 8.69. The molecule has 1 aromatic carbocycles. The Bertz CT molecular complexity index is 559. The van der Waals surface area contributed by atoms with Crippen LogP contribution in [0.1, 0.15) is 30.9 Å². The molecule has 18 heavy (non-hydrogen) atoms. The molecule has 3 nitrogen and oxygen atoms in total. The van der Waals surface area contributed by atoms with Crippen LogP contribution in [0.2, 0.25) is 0 Å². The molecule has 0 aromatic heterocycles. The molecule has 0 radical (unpaired) electrons. The van der Waals surface area contributed by atoms with Crippen LogP contribution >= 0.6 is 0 Å². The van der Waals surface area contributed by atoms with Crippen molar-refractivity contribution in [3.8, 4) is 6.07 Å². The summed E-state index contributed by atoms with van der Waals surface area (Å²) in [5, 5.41) is 11.5. The maximum atomic E-state index is 11.5. The van der Waals surface area contributed by atoms with E-state index in [4.69, 9.17) is 5.26 Å². The average Bonchev–Trinajstić information content (AvgIpc) is 2.37. The lowest BCUT2D eigenvalue weighted by atomic mass is 9.99. The van der Waals surface area contributed by atoms with Gasteiger partial charge in [0.1, 0.15) is 0 Å². The second kappa shape index (κ2) is 5.33. The van der Waals surface area contributed by atoms with Crippen LogP contribution in [0, 0.1) is 11.3 Å². The molecule has 1 amide bonds. The monoisotopic (exact) mass is 238 g/mol. The van der Waals surface area contributed by atoms with Crippen molar-refractivity contribution in [3.63, 3.8) is 0 Å². The predicted octanol–water partition coefficient (Wildman–Crippen LogP) is 2.76. The van der Waals surface area contributed by atoms with Crippen LogP contribution in [-0.4, -0.2) is 5.91 Å². The number of benzene rings is 1. The van der Waals surface area contributed by atoms with Crippen LogP contribution in [0.4, 0.5) is 0 Å². The fourth-order valence-corrected chi connectivity index (χ4v) is 1.85. The largest absolute Gasteiger partial charge is 0.332 e. The molecule has 1 aliphatic heterocycles. The Kier molecular flexibility index (Phi) is 3.59. The van der Waals surface area contributed by atoms with Gasteiger partial charge in [0.2, 0.25) is 5.91 Å². The van der Waals surface area contributed by atoms with Crippen molar-refractivity contribution in [1.82, 2.24) is 5.32 Å². The first-order valence-electron chi connectivity index (χ1n) is 5.83. The number of rotatable bonds is 1. The van der Waals surface area contributed by atoms with Crippen LogP contribution in [0.3, 0.4) is 0 Å². The quantitative estimate of drug-likeness (QED) is 0.765. The normalized spacial score (nSPS) is 21.4. The van der Waals surface area contributed by atoms with Gasteiger partial charge in [0.25, 0.3) is 0 Å². The molecule has 2 rings (SSSR count). The third-order valence-electron chi connectivity index (χ3n) is 2.90. The van der Waals surface area contributed by atoms with E-state index in [0.29, 0.717) is 12.0 Å². The molecule has 1 aliphatic rings. The molecule has 0 saturated carbocycles. The van der Waals surface area contributed by atoms with Crippen LogP contribution < -0.4 is 5.32 Å². The van der Waals surface area contributed by atoms with Crippen molar-refractivity contribution in [2.75, 3.05) is 0 Å². The minimum absolute atomic E-state index is 0.00888. The molecule has 1 aromatic rings. The number of allylic oxidation sites excluding steroid dienone is 2. The van der Waals surface area contributed by atoms with E-state index in [1.807, 2.05) is 19.1 Å². The van der Waals surface area contributed by atoms with Crippen LogP contribution in [0.25, 0.3) is 5.57 Å². The van der Waals surface area contributed by atoms with Crippen LogP contribution in [0.15, 0.2) is 42.1 Å². The van der Waals surface area contributed by atoms with Crippen molar-refractivity contribution in [2.24, 2.45) is 0 Å². The van der Waals surface area contributed by atoms with Gasteiger partial charge in [-0.05, 0) is 36.6 Å². The molecule has 3 heteroatoms. The lowest BCUT2D eigenvalue weighted by Gasteiger charge is -2.11. The Labute approximate surface area is 106 Å². The Morgan fingerprint density at radius 3 is 2.67 bits per heavy atom. The van der Waals surface area contributed by atoms with E-state index in [2.05, 4.69) is 17.5 Å². The Morgan fingerprint density at radius 2 is 2.00 bits per heavy atom. The van der Waals surface area contributed by atoms with Crippen molar-refractivity contribution < 1.29 is 4.79 Å². The minimum Gasteiger partial charge on any atom is -0.332 e. The summed E-state index contributed by atoms with van der Waals surface area (Å²) >= 11 is 0. The molecule has 0 atom stereocenters. The Morgan fingerprint density at radius 1 is 1.28 bits per heavy atom. The highest BCUT2D eigenvalue weighted by atomic mass is 16.1. The highest BCUT2D eigenvalue weighted by Gasteiger charge is 2.07. The van der Waals surface area contributed by atoms with E-state index in [9.17, 15) is 4.79 Å². The van der Waals surface area contributed by atoms with E-state index in [1.165, 1.54) is 0 Å². The summed E-state index contributed by atoms with van der Waals surface area (Å²) in [6, 6.07) is 9.47. The van der Waals surface area contributed by atoms with Crippen LogP contribution in [0.5, 0.6) is 0 Å². The first-order valence-corrected chi connectivity index (χ1v) is 5.83. The third-order valence-corrected chi connectivity index (χ3v) is 2.90. The summed E-state index contributed by atoms with van der Waals surface area (Å²) < 4.78 is 0. The standard InChI is InChI=1S/C15H14N2O/c1-11-2-5-14(10-17-15(18)8-11)13-6-3-12(9-16)4-7-13/h2-4,6-7,10H,5,8H2,1H3,(H,17,18)/b11-2-,14-10+. The second-order valence-electron chi connectivity index (χ2n) is 4.36. The van der Waals surface area contributed by atoms with Crippen molar-refractivity contribution >= 4 is 11.5 Å². The zero-order valence-electron chi connectivity index (χ0n) is 10.2. The lowest BCUT2D eigenvalue weighted by Crippen LogP contribution is -2.18. The van der Waals surface area contributed by atoms with Crippen LogP contribution in [-0.2, 0) is 4.79 Å². The molecule has 0 spiro atoms. The highest BCUT2D eigenvalue weighted by Crippen LogP contribution is 2.21. The topological polar surface area (TPSA) is 52.9 Å². The van der Waals surface area contributed by atoms with E-state index in [0.717, 1.165) is 23.1 Å². The smallest absolute Gasteiger partial charge is 0.227 e. The van der Waals surface area contributed by atoms with Gasteiger partial charge in [-0.2, -0.15) is 5.26 Å². The zero-order valence-corrected chi connectivity index (χ0v) is 10.2. The number of carbonyl (C=O) groups excluding carboxylic acids is 1. The lowest BCUT2D eigenvalue weighted by molar-refractivity contribution is -0.119. The molecule has 1 N–H and O–H groups in total. The molecular formula is C15H14N2O. The zero-order chi connectivity index (χ0) is 13.0. The van der Waals surface area contributed by atoms with Crippen molar-refractivity contribution in [1.29, 1.82) is 5.26 Å². The Balaban J connectivity index is 2.28. The SMILES string of the molecule is C/C1=C/C/C(c2ccc(C#N)cc2)=C\NC(=O)C1. The van der Waals surface area contributed by atoms with Crippen molar-refractivity contribution in [2.45, 2.75) is 19.8 Å². The molecule has 0 fully saturated rings. The summed E-state index contributed by atoms with van der Waals surface area (Å²) in [6.45, 7) is 1.96. The highest BCUT2D eigenvalue weighted by molar-refractivity contribution is 5.82. The van der Waals surface area contributed by atoms with E-state index in [-0.39, 0.29) is 5.91 Å². The molecule has 90 valence electrons. The number of amides is 1. The van der Waals surface area contributed by atoms with Gasteiger partial charge in [-0.15, -0.1) is 0 Å². The molecule has 0 aliphatic carbocycles. The number of nitriles is 1. The predicted molar refractivity (Wildman–Crippen MR) is 70.3 cm³/mol. The maximum absolute atomic E-state index is 11.5. The molecule has 0 unspecified atom stereocenters. The van der Waals surface area contributed by atoms with Gasteiger partial charge >= 0.3 is 0 Å². The van der Waals surface area contributed by atoms with Crippen molar-refractivity contribution in [3.05, 3.63) is 53.2 Å². The molecule has 0 saturated heterocycles. The second-order valence-corrected chi connectivity index (χ2v) is 4.36. The van der Waals surface area contributed by atoms with E-state index >= 15 is 0 Å². The molecule has 0 bridgehead atoms. The Hall–Kier alpha value is -2.34. The molecule has 1 heterocycles. The molecular weight excluding hydrogens is 224 g/mol. The number of nitrogens with one attached hydrogen (secondary N) is 1. The van der Waals surface area contributed by atoms with E-state index < -0.39 is 0 Å². The van der Waals surface area contributed by atoms with Gasteiger partial charge in [-0.3, -0.25) is 4.79 Å². The van der Waals surface area contributed by atoms with Gasteiger partial charge in [-0.1, -0.05) is 23.8 Å². The van der Waals surface area contributed by atoms with Gasteiger partial charge in [0.15, 0.2) is 0 Å². The van der Waals surface area contributed by atoms with Gasteiger partial charge in [0.05, 0.1) is 11.6 Å². The number of carbonyl (C=O) groups is 1. The summed E-state index contributed by atoms with van der Waals surface area (Å²) in [6.07, 6.45) is 5.07. The number of hydrogen-bond donors (Lipinski definition) is 1. The van der Waals surface area contributed by atoms with Gasteiger partial charge < -0.3 is 5.32 Å². The maximum Gasteiger partial charge on any atom is 0.227 e. The van der Waals surface area contributed by atoms with Gasteiger partial charge in [-0.25, -0.2) is 0 Å². The minimum atomic E-state index is 0.00888. The summed E-state index contributed by atoms with van der Waals surface area (Å²) in [7, 11) is 0. The first kappa shape index (κ1) is 12.1.